The van der Waals surface area contributed by atoms with Crippen molar-refractivity contribution in [2.75, 3.05) is 19.8 Å². The van der Waals surface area contributed by atoms with Gasteiger partial charge in [-0.25, -0.2) is 0 Å². The molecule has 0 spiro atoms. The lowest BCUT2D eigenvalue weighted by Crippen LogP contribution is -2.39. The molecule has 1 fully saturated rings. The van der Waals surface area contributed by atoms with Crippen LogP contribution in [0.2, 0.25) is 0 Å². The molecule has 6 heteroatoms. The number of aryl methyl sites for hydroxylation is 1. The SMILES string of the molecule is Cc1nc(-c2ccccc2)ccc1C(=O)NCC(C(=O)O)C1CCOCC1. The average Bonchev–Trinajstić information content (AvgIpc) is 2.69. The molecule has 1 aliphatic rings. The Bertz CT molecular complexity index is 801. The van der Waals surface area contributed by atoms with Gasteiger partial charge in [0.1, 0.15) is 0 Å². The summed E-state index contributed by atoms with van der Waals surface area (Å²) in [6, 6.07) is 13.3. The number of carbonyl (C=O) groups is 2. The maximum absolute atomic E-state index is 12.6. The number of carboxylic acid groups (broad SMARTS) is 1. The number of aliphatic carboxylic acids is 1. The third kappa shape index (κ3) is 4.71. The van der Waals surface area contributed by atoms with Gasteiger partial charge in [-0.15, -0.1) is 0 Å². The molecule has 27 heavy (non-hydrogen) atoms. The quantitative estimate of drug-likeness (QED) is 0.818. The summed E-state index contributed by atoms with van der Waals surface area (Å²) in [5.41, 5.74) is 2.87. The van der Waals surface area contributed by atoms with Crippen LogP contribution in [-0.2, 0) is 9.53 Å². The van der Waals surface area contributed by atoms with E-state index in [4.69, 9.17) is 4.74 Å². The molecule has 0 saturated carbocycles. The Kier molecular flexibility index (Phi) is 6.19. The van der Waals surface area contributed by atoms with Gasteiger partial charge >= 0.3 is 5.97 Å². The van der Waals surface area contributed by atoms with Crippen molar-refractivity contribution in [3.05, 3.63) is 53.7 Å². The normalized spacial score (nSPS) is 15.9. The molecule has 1 aromatic carbocycles. The number of rotatable bonds is 6. The Morgan fingerprint density at radius 1 is 1.19 bits per heavy atom. The number of ether oxygens (including phenoxy) is 1. The summed E-state index contributed by atoms with van der Waals surface area (Å²) >= 11 is 0. The monoisotopic (exact) mass is 368 g/mol. The van der Waals surface area contributed by atoms with Crippen LogP contribution in [0.3, 0.4) is 0 Å². The van der Waals surface area contributed by atoms with Crippen molar-refractivity contribution in [2.24, 2.45) is 11.8 Å². The smallest absolute Gasteiger partial charge is 0.308 e. The molecule has 1 unspecified atom stereocenters. The fourth-order valence-electron chi connectivity index (χ4n) is 3.44. The molecule has 0 bridgehead atoms. The van der Waals surface area contributed by atoms with Crippen LogP contribution in [0.15, 0.2) is 42.5 Å². The van der Waals surface area contributed by atoms with Crippen LogP contribution in [-0.4, -0.2) is 41.7 Å². The first kappa shape index (κ1) is 19.0. The highest BCUT2D eigenvalue weighted by molar-refractivity contribution is 5.95. The van der Waals surface area contributed by atoms with Gasteiger partial charge in [0.25, 0.3) is 5.91 Å². The van der Waals surface area contributed by atoms with Gasteiger partial charge < -0.3 is 15.2 Å². The Morgan fingerprint density at radius 3 is 2.52 bits per heavy atom. The standard InChI is InChI=1S/C21H24N2O4/c1-14-17(7-8-19(23-14)16-5-3-2-4-6-16)20(24)22-13-18(21(25)26)15-9-11-27-12-10-15/h2-8,15,18H,9-13H2,1H3,(H,22,24)(H,25,26). The van der Waals surface area contributed by atoms with E-state index in [0.717, 1.165) is 11.3 Å². The largest absolute Gasteiger partial charge is 0.481 e. The minimum Gasteiger partial charge on any atom is -0.481 e. The average molecular weight is 368 g/mol. The number of aromatic nitrogens is 1. The minimum absolute atomic E-state index is 0.0243. The summed E-state index contributed by atoms with van der Waals surface area (Å²) in [5.74, 6) is -1.75. The van der Waals surface area contributed by atoms with Gasteiger partial charge in [0, 0.05) is 25.3 Å². The Morgan fingerprint density at radius 2 is 1.89 bits per heavy atom. The molecule has 1 atom stereocenters. The molecule has 1 aromatic heterocycles. The summed E-state index contributed by atoms with van der Waals surface area (Å²) in [4.78, 5) is 28.7. The molecule has 1 amide bonds. The van der Waals surface area contributed by atoms with Crippen molar-refractivity contribution < 1.29 is 19.4 Å². The number of amides is 1. The Balaban J connectivity index is 1.67. The second kappa shape index (κ2) is 8.77. The lowest BCUT2D eigenvalue weighted by molar-refractivity contribution is -0.144. The molecule has 6 nitrogen and oxygen atoms in total. The maximum Gasteiger partial charge on any atom is 0.308 e. The molecule has 142 valence electrons. The van der Waals surface area contributed by atoms with Crippen LogP contribution < -0.4 is 5.32 Å². The third-order valence-electron chi connectivity index (χ3n) is 5.03. The fourth-order valence-corrected chi connectivity index (χ4v) is 3.44. The van der Waals surface area contributed by atoms with Gasteiger partial charge in [0.2, 0.25) is 0 Å². The zero-order valence-corrected chi connectivity index (χ0v) is 15.4. The summed E-state index contributed by atoms with van der Waals surface area (Å²) in [5, 5.41) is 12.3. The Labute approximate surface area is 158 Å². The number of hydrogen-bond acceptors (Lipinski definition) is 4. The molecule has 0 aliphatic carbocycles. The molecule has 1 aliphatic heterocycles. The van der Waals surface area contributed by atoms with Crippen LogP contribution in [0, 0.1) is 18.8 Å². The van der Waals surface area contributed by atoms with Crippen molar-refractivity contribution in [3.63, 3.8) is 0 Å². The first-order valence-corrected chi connectivity index (χ1v) is 9.18. The van der Waals surface area contributed by atoms with Gasteiger partial charge in [0.05, 0.1) is 22.9 Å². The second-order valence-electron chi connectivity index (χ2n) is 6.80. The molecular weight excluding hydrogens is 344 g/mol. The highest BCUT2D eigenvalue weighted by Crippen LogP contribution is 2.24. The highest BCUT2D eigenvalue weighted by atomic mass is 16.5. The van der Waals surface area contributed by atoms with Gasteiger partial charge in [-0.1, -0.05) is 30.3 Å². The number of carboxylic acids is 1. The summed E-state index contributed by atoms with van der Waals surface area (Å²) in [6.07, 6.45) is 1.42. The van der Waals surface area contributed by atoms with Crippen molar-refractivity contribution in [3.8, 4) is 11.3 Å². The molecular formula is C21H24N2O4. The predicted octanol–water partition coefficient (Wildman–Crippen LogP) is 2.91. The van der Waals surface area contributed by atoms with E-state index in [1.165, 1.54) is 0 Å². The van der Waals surface area contributed by atoms with E-state index in [1.807, 2.05) is 36.4 Å². The van der Waals surface area contributed by atoms with Crippen LogP contribution in [0.1, 0.15) is 28.9 Å². The van der Waals surface area contributed by atoms with Gasteiger partial charge in [-0.3, -0.25) is 14.6 Å². The predicted molar refractivity (Wildman–Crippen MR) is 101 cm³/mol. The summed E-state index contributed by atoms with van der Waals surface area (Å²) in [7, 11) is 0. The van der Waals surface area contributed by atoms with E-state index in [2.05, 4.69) is 10.3 Å². The lowest BCUT2D eigenvalue weighted by Gasteiger charge is -2.27. The molecule has 2 heterocycles. The minimum atomic E-state index is -0.878. The van der Waals surface area contributed by atoms with Crippen LogP contribution in [0.5, 0.6) is 0 Å². The van der Waals surface area contributed by atoms with E-state index in [0.29, 0.717) is 37.3 Å². The number of hydrogen-bond donors (Lipinski definition) is 2. The third-order valence-corrected chi connectivity index (χ3v) is 5.03. The molecule has 1 saturated heterocycles. The zero-order chi connectivity index (χ0) is 19.2. The van der Waals surface area contributed by atoms with Crippen molar-refractivity contribution in [2.45, 2.75) is 19.8 Å². The number of benzene rings is 1. The van der Waals surface area contributed by atoms with E-state index >= 15 is 0 Å². The van der Waals surface area contributed by atoms with E-state index in [9.17, 15) is 14.7 Å². The van der Waals surface area contributed by atoms with Crippen LogP contribution in [0.4, 0.5) is 0 Å². The number of carbonyl (C=O) groups excluding carboxylic acids is 1. The molecule has 0 radical (unpaired) electrons. The van der Waals surface area contributed by atoms with Crippen molar-refractivity contribution in [1.82, 2.24) is 10.3 Å². The van der Waals surface area contributed by atoms with E-state index in [1.54, 1.807) is 13.0 Å². The number of nitrogens with one attached hydrogen (secondary N) is 1. The second-order valence-corrected chi connectivity index (χ2v) is 6.80. The van der Waals surface area contributed by atoms with Crippen molar-refractivity contribution >= 4 is 11.9 Å². The number of pyridine rings is 1. The van der Waals surface area contributed by atoms with E-state index < -0.39 is 11.9 Å². The Hall–Kier alpha value is -2.73. The van der Waals surface area contributed by atoms with E-state index in [-0.39, 0.29) is 18.4 Å². The van der Waals surface area contributed by atoms with Crippen LogP contribution in [0.25, 0.3) is 11.3 Å². The molecule has 2 N–H and O–H groups in total. The fraction of sp³-hybridized carbons (Fsp3) is 0.381. The number of nitrogens with zero attached hydrogens (tertiary/aromatic N) is 1. The first-order chi connectivity index (χ1) is 13.1. The lowest BCUT2D eigenvalue weighted by atomic mass is 9.86. The highest BCUT2D eigenvalue weighted by Gasteiger charge is 2.30. The molecule has 3 rings (SSSR count). The summed E-state index contributed by atoms with van der Waals surface area (Å²) in [6.45, 7) is 3.05. The topological polar surface area (TPSA) is 88.5 Å². The summed E-state index contributed by atoms with van der Waals surface area (Å²) < 4.78 is 5.30. The zero-order valence-electron chi connectivity index (χ0n) is 15.4. The van der Waals surface area contributed by atoms with Gasteiger partial charge in [-0.05, 0) is 37.8 Å². The first-order valence-electron chi connectivity index (χ1n) is 9.18. The van der Waals surface area contributed by atoms with Gasteiger partial charge in [-0.2, -0.15) is 0 Å². The van der Waals surface area contributed by atoms with Crippen molar-refractivity contribution in [1.29, 1.82) is 0 Å². The van der Waals surface area contributed by atoms with Crippen LogP contribution >= 0.6 is 0 Å². The van der Waals surface area contributed by atoms with Gasteiger partial charge in [0.15, 0.2) is 0 Å². The molecule has 2 aromatic rings. The maximum atomic E-state index is 12.6.